The summed E-state index contributed by atoms with van der Waals surface area (Å²) >= 11 is 0. The first kappa shape index (κ1) is 49.9. The number of aromatic amines is 3. The van der Waals surface area contributed by atoms with Gasteiger partial charge in [0.25, 0.3) is 5.91 Å². The molecule has 0 radical (unpaired) electrons. The van der Waals surface area contributed by atoms with Crippen LogP contribution in [0.3, 0.4) is 0 Å². The van der Waals surface area contributed by atoms with E-state index in [4.69, 9.17) is 19.2 Å². The van der Waals surface area contributed by atoms with Crippen LogP contribution in [0, 0.1) is 0 Å². The second kappa shape index (κ2) is 22.6. The summed E-state index contributed by atoms with van der Waals surface area (Å²) < 4.78 is 16.7. The molecule has 3 amide bonds. The lowest BCUT2D eigenvalue weighted by Crippen LogP contribution is -2.57. The summed E-state index contributed by atoms with van der Waals surface area (Å²) in [6, 6.07) is 43.4. The molecule has 382 valence electrons. The molecule has 0 aliphatic rings. The van der Waals surface area contributed by atoms with Gasteiger partial charge >= 0.3 is 11.9 Å². The molecule has 0 aliphatic heterocycles. The number of carbonyl (C=O) groups excluding carboxylic acids is 5. The molecule has 3 atom stereocenters. The molecule has 76 heavy (non-hydrogen) atoms. The first-order chi connectivity index (χ1) is 37.1. The van der Waals surface area contributed by atoms with Gasteiger partial charge in [0.15, 0.2) is 11.5 Å². The van der Waals surface area contributed by atoms with Crippen molar-refractivity contribution in [2.75, 3.05) is 7.11 Å². The Morgan fingerprint density at radius 2 is 1.12 bits per heavy atom. The van der Waals surface area contributed by atoms with Gasteiger partial charge in [-0.1, -0.05) is 115 Å². The van der Waals surface area contributed by atoms with Crippen LogP contribution in [0.1, 0.15) is 45.6 Å². The van der Waals surface area contributed by atoms with Gasteiger partial charge in [-0.15, -0.1) is 0 Å². The minimum absolute atomic E-state index is 0.0109. The van der Waals surface area contributed by atoms with E-state index in [0.717, 1.165) is 38.3 Å². The number of esters is 2. The summed E-state index contributed by atoms with van der Waals surface area (Å²) in [4.78, 5) is 86.8. The number of rotatable bonds is 20. The second-order valence-electron chi connectivity index (χ2n) is 18.4. The number of hydrogen-bond acceptors (Lipinski definition) is 10. The van der Waals surface area contributed by atoms with Gasteiger partial charge in [0, 0.05) is 75.3 Å². The third kappa shape index (κ3) is 11.3. The van der Waals surface area contributed by atoms with Gasteiger partial charge in [-0.25, -0.2) is 9.78 Å². The zero-order chi connectivity index (χ0) is 52.5. The molecule has 0 fully saturated rings. The number of carbonyl (C=O) groups is 5. The van der Waals surface area contributed by atoms with Gasteiger partial charge in [-0.2, -0.15) is 0 Å². The lowest BCUT2D eigenvalue weighted by Gasteiger charge is -2.25. The lowest BCUT2D eigenvalue weighted by atomic mass is 10.0. The predicted octanol–water partition coefficient (Wildman–Crippen LogP) is 8.88. The number of phenolic OH excluding ortho intramolecular Hbond substituents is 1. The standard InChI is InChI=1S/C60H53N7O9/c1-74-53-30-38(24-26-52(53)68)55-56-44(43-20-10-13-23-47(43)63-56)31-51(64-55)59(72)67-50(29-40-33-62-46-22-12-9-19-42(40)46)58(71)66-49(28-39-32-61-45-21-11-8-18-41(39)45)57(70)65-48(60(73)76-35-37-16-6-3-7-17-37)25-27-54(69)75-34-36-14-4-2-5-15-36/h2-24,26,30-33,48-50,61-63,68H,25,27-29,34-35H2,1H3,(H,65,70)(H,66,71)(H,67,72)/t48-,49-,50-/m0/s1. The van der Waals surface area contributed by atoms with Gasteiger partial charge in [0.2, 0.25) is 11.8 Å². The van der Waals surface area contributed by atoms with E-state index in [1.807, 2.05) is 121 Å². The monoisotopic (exact) mass is 1020 g/mol. The average molecular weight is 1020 g/mol. The number of aromatic nitrogens is 4. The summed E-state index contributed by atoms with van der Waals surface area (Å²) in [5, 5.41) is 22.4. The average Bonchev–Trinajstić information content (AvgIpc) is 4.21. The van der Waals surface area contributed by atoms with Crippen LogP contribution in [0.2, 0.25) is 0 Å². The van der Waals surface area contributed by atoms with Crippen molar-refractivity contribution in [2.24, 2.45) is 0 Å². The Morgan fingerprint density at radius 1 is 0.579 bits per heavy atom. The molecule has 0 bridgehead atoms. The fourth-order valence-electron chi connectivity index (χ4n) is 9.38. The minimum Gasteiger partial charge on any atom is -0.504 e. The quantitative estimate of drug-likeness (QED) is 0.0359. The number of pyridine rings is 1. The SMILES string of the molecule is COc1cc(-c2nc(C(=O)N[C@@H](Cc3c[nH]c4ccccc34)C(=O)N[C@@H](Cc3c[nH]c4ccccc34)C(=O)N[C@@H](CCC(=O)OCc3ccccc3)C(=O)OCc3ccccc3)cc3c2[nH]c2ccccc23)ccc1O. The Balaban J connectivity index is 0.974. The molecule has 0 aliphatic carbocycles. The van der Waals surface area contributed by atoms with E-state index in [2.05, 4.69) is 30.9 Å². The van der Waals surface area contributed by atoms with Crippen molar-refractivity contribution in [3.05, 3.63) is 198 Å². The molecule has 0 unspecified atom stereocenters. The van der Waals surface area contributed by atoms with Crippen molar-refractivity contribution in [1.29, 1.82) is 0 Å². The third-order valence-electron chi connectivity index (χ3n) is 13.3. The Kier molecular flexibility index (Phi) is 14.8. The van der Waals surface area contributed by atoms with E-state index in [9.17, 15) is 24.3 Å². The smallest absolute Gasteiger partial charge is 0.328 e. The molecule has 16 heteroatoms. The highest BCUT2D eigenvalue weighted by Crippen LogP contribution is 2.36. The number of amides is 3. The Morgan fingerprint density at radius 3 is 1.74 bits per heavy atom. The Hall–Kier alpha value is -9.70. The van der Waals surface area contributed by atoms with Crippen LogP contribution in [0.15, 0.2) is 170 Å². The fraction of sp³-hybridized carbons (Fsp3) is 0.167. The number of methoxy groups -OCH3 is 1. The van der Waals surface area contributed by atoms with Crippen molar-refractivity contribution in [3.8, 4) is 22.8 Å². The zero-order valence-electron chi connectivity index (χ0n) is 41.3. The summed E-state index contributed by atoms with van der Waals surface area (Å²) in [6.07, 6.45) is 3.06. The van der Waals surface area contributed by atoms with Crippen molar-refractivity contribution in [1.82, 2.24) is 35.9 Å². The molecular formula is C60H53N7O9. The lowest BCUT2D eigenvalue weighted by molar-refractivity contribution is -0.150. The highest BCUT2D eigenvalue weighted by atomic mass is 16.5. The largest absolute Gasteiger partial charge is 0.504 e. The zero-order valence-corrected chi connectivity index (χ0v) is 41.3. The molecule has 0 saturated carbocycles. The van der Waals surface area contributed by atoms with Crippen molar-refractivity contribution < 1.29 is 43.3 Å². The number of ether oxygens (including phenoxy) is 3. The first-order valence-corrected chi connectivity index (χ1v) is 24.8. The van der Waals surface area contributed by atoms with Gasteiger partial charge < -0.3 is 50.2 Å². The molecule has 16 nitrogen and oxygen atoms in total. The predicted molar refractivity (Wildman–Crippen MR) is 288 cm³/mol. The third-order valence-corrected chi connectivity index (χ3v) is 13.3. The maximum atomic E-state index is 15.2. The molecule has 10 aromatic rings. The van der Waals surface area contributed by atoms with Gasteiger partial charge in [-0.3, -0.25) is 19.2 Å². The van der Waals surface area contributed by atoms with Gasteiger partial charge in [0.1, 0.15) is 37.0 Å². The number of phenols is 1. The van der Waals surface area contributed by atoms with Crippen LogP contribution in [-0.2, 0) is 54.7 Å². The first-order valence-electron chi connectivity index (χ1n) is 24.8. The van der Waals surface area contributed by atoms with E-state index in [-0.39, 0.29) is 56.1 Å². The molecule has 4 heterocycles. The normalized spacial score (nSPS) is 12.5. The molecular weight excluding hydrogens is 963 g/mol. The molecule has 0 saturated heterocycles. The number of benzene rings is 6. The molecule has 6 aromatic carbocycles. The molecule has 7 N–H and O–H groups in total. The van der Waals surface area contributed by atoms with Gasteiger partial charge in [0.05, 0.1) is 18.3 Å². The highest BCUT2D eigenvalue weighted by molar-refractivity contribution is 6.13. The summed E-state index contributed by atoms with van der Waals surface area (Å²) in [7, 11) is 1.44. The molecule has 10 rings (SSSR count). The second-order valence-corrected chi connectivity index (χ2v) is 18.4. The van der Waals surface area contributed by atoms with Crippen LogP contribution in [0.4, 0.5) is 0 Å². The maximum absolute atomic E-state index is 15.2. The number of fused-ring (bicyclic) bond motifs is 5. The van der Waals surface area contributed by atoms with E-state index < -0.39 is 47.8 Å². The molecule has 0 spiro atoms. The van der Waals surface area contributed by atoms with Crippen molar-refractivity contribution in [2.45, 2.75) is 57.0 Å². The van der Waals surface area contributed by atoms with Crippen LogP contribution in [0.5, 0.6) is 11.5 Å². The van der Waals surface area contributed by atoms with Crippen LogP contribution < -0.4 is 20.7 Å². The summed E-state index contributed by atoms with van der Waals surface area (Å²) in [5.41, 5.74) is 6.88. The number of hydrogen-bond donors (Lipinski definition) is 7. The van der Waals surface area contributed by atoms with Crippen molar-refractivity contribution in [3.63, 3.8) is 0 Å². The summed E-state index contributed by atoms with van der Waals surface area (Å²) in [6.45, 7) is -0.0748. The highest BCUT2D eigenvalue weighted by Gasteiger charge is 2.33. The number of nitrogens with zero attached hydrogens (tertiary/aromatic N) is 1. The number of H-pyrrole nitrogens is 3. The maximum Gasteiger partial charge on any atom is 0.328 e. The number of aromatic hydroxyl groups is 1. The van der Waals surface area contributed by atoms with Crippen LogP contribution >= 0.6 is 0 Å². The number of nitrogens with one attached hydrogen (secondary N) is 6. The van der Waals surface area contributed by atoms with Crippen LogP contribution in [-0.4, -0.2) is 79.9 Å². The van der Waals surface area contributed by atoms with E-state index in [0.29, 0.717) is 38.9 Å². The summed E-state index contributed by atoms with van der Waals surface area (Å²) in [5.74, 6) is -3.38. The fourth-order valence-corrected chi connectivity index (χ4v) is 9.38. The van der Waals surface area contributed by atoms with E-state index in [1.165, 1.54) is 13.2 Å². The van der Waals surface area contributed by atoms with E-state index in [1.54, 1.807) is 42.7 Å². The minimum atomic E-state index is -1.34. The van der Waals surface area contributed by atoms with Crippen LogP contribution in [0.25, 0.3) is 54.9 Å². The van der Waals surface area contributed by atoms with E-state index >= 15 is 4.79 Å². The molecule has 4 aromatic heterocycles. The Labute approximate surface area is 435 Å². The topological polar surface area (TPSA) is 230 Å². The van der Waals surface area contributed by atoms with Crippen molar-refractivity contribution >= 4 is 73.3 Å². The number of para-hydroxylation sites is 3. The van der Waals surface area contributed by atoms with Gasteiger partial charge in [-0.05, 0) is 71.1 Å². The Bertz CT molecular complexity index is 3740.